The third-order valence-electron chi connectivity index (χ3n) is 7.47. The van der Waals surface area contributed by atoms with Gasteiger partial charge in [0.05, 0.1) is 18.7 Å². The number of anilines is 1. The number of fused-ring (bicyclic) bond motifs is 1. The zero-order chi connectivity index (χ0) is 32.8. The number of esters is 1. The summed E-state index contributed by atoms with van der Waals surface area (Å²) in [6, 6.07) is -0.844. The van der Waals surface area contributed by atoms with E-state index in [2.05, 4.69) is 25.8 Å². The number of hydrogen-bond acceptors (Lipinski definition) is 16. The number of tetrazole rings is 1. The summed E-state index contributed by atoms with van der Waals surface area (Å²) in [4.78, 5) is 59.8. The molecule has 16 nitrogen and oxygen atoms in total. The maximum atomic E-state index is 13.7. The number of nitrogens with zero attached hydrogens (tertiary/aromatic N) is 7. The minimum Gasteiger partial charge on any atom is -0.431 e. The first-order valence-corrected chi connectivity index (χ1v) is 17.8. The normalized spacial score (nSPS) is 19.5. The summed E-state index contributed by atoms with van der Waals surface area (Å²) in [6.07, 6.45) is 1.31. The van der Waals surface area contributed by atoms with Crippen LogP contribution in [0.3, 0.4) is 0 Å². The van der Waals surface area contributed by atoms with Crippen molar-refractivity contribution in [2.24, 2.45) is 0 Å². The maximum absolute atomic E-state index is 13.7. The molecule has 0 aromatic carbocycles. The second-order valence-corrected chi connectivity index (χ2v) is 14.1. The van der Waals surface area contributed by atoms with Crippen LogP contribution >= 0.6 is 59.7 Å². The Morgan fingerprint density at radius 1 is 1.21 bits per heavy atom. The van der Waals surface area contributed by atoms with Gasteiger partial charge in [-0.1, -0.05) is 18.7 Å². The van der Waals surface area contributed by atoms with Crippen LogP contribution in [0.5, 0.6) is 0 Å². The predicted octanol–water partition coefficient (Wildman–Crippen LogP) is 2.48. The molecule has 0 spiro atoms. The van der Waals surface area contributed by atoms with Crippen molar-refractivity contribution in [1.29, 1.82) is 0 Å². The van der Waals surface area contributed by atoms with Crippen molar-refractivity contribution in [3.8, 4) is 0 Å². The SMILES string of the molecule is CCC(OC(=O)OC1CCCC1)OC(=O)C1=C(CSc2nnnn2CCN(C)C)CS[C@H]2[C@H](NC(=O)Cc3csc(N)n3)C(=O)N12.Cl.Cl. The van der Waals surface area contributed by atoms with Gasteiger partial charge in [0.25, 0.3) is 12.2 Å². The zero-order valence-electron chi connectivity index (χ0n) is 26.6. The number of aromatic nitrogens is 5. The predicted molar refractivity (Wildman–Crippen MR) is 184 cm³/mol. The fraction of sp³-hybridized carbons (Fsp3) is 0.630. The highest BCUT2D eigenvalue weighted by Gasteiger charge is 2.54. The van der Waals surface area contributed by atoms with Crippen LogP contribution in [-0.4, -0.2) is 115 Å². The van der Waals surface area contributed by atoms with Crippen LogP contribution in [0.25, 0.3) is 0 Å². The van der Waals surface area contributed by atoms with Gasteiger partial charge < -0.3 is 30.2 Å². The van der Waals surface area contributed by atoms with Crippen molar-refractivity contribution in [1.82, 2.24) is 40.3 Å². The number of hydrogen-bond donors (Lipinski definition) is 2. The van der Waals surface area contributed by atoms with Gasteiger partial charge in [-0.15, -0.1) is 53.0 Å². The molecular formula is C27H39Cl2N9O7S3. The zero-order valence-corrected chi connectivity index (χ0v) is 30.6. The van der Waals surface area contributed by atoms with E-state index in [0.29, 0.717) is 39.6 Å². The Hall–Kier alpha value is -2.84. The molecule has 3 N–H and O–H groups in total. The molecule has 48 heavy (non-hydrogen) atoms. The number of rotatable bonds is 14. The maximum Gasteiger partial charge on any atom is 0.511 e. The van der Waals surface area contributed by atoms with Crippen molar-refractivity contribution in [3.05, 3.63) is 22.3 Å². The number of thiazole rings is 1. The van der Waals surface area contributed by atoms with Crippen molar-refractivity contribution in [2.75, 3.05) is 37.9 Å². The number of β-lactam (4-membered cyclic amide) rings is 1. The quantitative estimate of drug-likeness (QED) is 0.123. The number of nitrogen functional groups attached to an aromatic ring is 1. The summed E-state index contributed by atoms with van der Waals surface area (Å²) in [6.45, 7) is 3.00. The second kappa shape index (κ2) is 18.2. The number of ether oxygens (including phenoxy) is 3. The number of halogens is 2. The molecule has 1 saturated carbocycles. The lowest BCUT2D eigenvalue weighted by atomic mass is 10.0. The van der Waals surface area contributed by atoms with Gasteiger partial charge in [0.1, 0.15) is 23.2 Å². The average molecular weight is 769 g/mol. The fourth-order valence-electron chi connectivity index (χ4n) is 5.11. The van der Waals surface area contributed by atoms with E-state index in [9.17, 15) is 19.2 Å². The van der Waals surface area contributed by atoms with Crippen LogP contribution in [0.2, 0.25) is 0 Å². The standard InChI is InChI=1S/C27H37N9O7S3.2ClH/c1-4-19(43-27(40)41-17-7-5-6-8-17)42-24(39)21-15(13-46-26-31-32-33-35(26)10-9-34(2)3)12-44-23-20(22(38)36(21)23)30-18(37)11-16-14-45-25(28)29-16;;/h14,17,19-20,23H,4-13H2,1-3H3,(H2,28,29)(H,30,37);2*1H/t19?,20-,23+;;/m1../s1. The molecule has 4 heterocycles. The van der Waals surface area contributed by atoms with Crippen LogP contribution in [0.1, 0.15) is 44.7 Å². The van der Waals surface area contributed by atoms with E-state index in [1.807, 2.05) is 19.0 Å². The van der Waals surface area contributed by atoms with Crippen LogP contribution in [0.15, 0.2) is 21.8 Å². The average Bonchev–Trinajstić information content (AvgIpc) is 3.79. The summed E-state index contributed by atoms with van der Waals surface area (Å²) in [5.41, 5.74) is 6.85. The highest BCUT2D eigenvalue weighted by Crippen LogP contribution is 2.42. The van der Waals surface area contributed by atoms with Crippen molar-refractivity contribution in [3.63, 3.8) is 0 Å². The highest BCUT2D eigenvalue weighted by atomic mass is 35.5. The number of thioether (sulfide) groups is 2. The third-order valence-corrected chi connectivity index (χ3v) is 10.6. The van der Waals surface area contributed by atoms with Gasteiger partial charge in [0.15, 0.2) is 5.13 Å². The smallest absolute Gasteiger partial charge is 0.431 e. The summed E-state index contributed by atoms with van der Waals surface area (Å²) < 4.78 is 18.0. The number of likely N-dealkylation sites (N-methyl/N-ethyl adjacent to an activating group) is 1. The molecule has 1 saturated heterocycles. The molecule has 21 heteroatoms. The molecule has 0 bridgehead atoms. The van der Waals surface area contributed by atoms with E-state index in [0.717, 1.165) is 32.2 Å². The minimum absolute atomic E-state index is 0. The van der Waals surface area contributed by atoms with Crippen molar-refractivity contribution < 1.29 is 33.4 Å². The first kappa shape index (κ1) is 39.6. The lowest BCUT2D eigenvalue weighted by Gasteiger charge is -2.49. The molecule has 3 aliphatic rings. The van der Waals surface area contributed by atoms with Gasteiger partial charge in [-0.3, -0.25) is 14.5 Å². The Morgan fingerprint density at radius 3 is 2.62 bits per heavy atom. The Morgan fingerprint density at radius 2 is 1.96 bits per heavy atom. The fourth-order valence-corrected chi connectivity index (χ4v) is 8.06. The molecule has 2 aromatic rings. The van der Waals surface area contributed by atoms with Crippen LogP contribution in [-0.2, 0) is 41.6 Å². The van der Waals surface area contributed by atoms with E-state index >= 15 is 0 Å². The molecule has 2 fully saturated rings. The van der Waals surface area contributed by atoms with Crippen LogP contribution < -0.4 is 11.1 Å². The van der Waals surface area contributed by atoms with Crippen LogP contribution in [0.4, 0.5) is 9.93 Å². The molecule has 1 unspecified atom stereocenters. The molecule has 0 radical (unpaired) electrons. The van der Waals surface area contributed by atoms with Crippen LogP contribution in [0, 0.1) is 0 Å². The number of amides is 2. The van der Waals surface area contributed by atoms with E-state index < -0.39 is 35.7 Å². The summed E-state index contributed by atoms with van der Waals surface area (Å²) in [5.74, 6) is -0.988. The van der Waals surface area contributed by atoms with Gasteiger partial charge in [-0.2, -0.15) is 0 Å². The van der Waals surface area contributed by atoms with E-state index in [4.69, 9.17) is 19.9 Å². The largest absolute Gasteiger partial charge is 0.511 e. The Kier molecular flexibility index (Phi) is 15.0. The first-order chi connectivity index (χ1) is 22.1. The summed E-state index contributed by atoms with van der Waals surface area (Å²) in [5, 5.41) is 16.8. The van der Waals surface area contributed by atoms with Gasteiger partial charge >= 0.3 is 12.1 Å². The first-order valence-electron chi connectivity index (χ1n) is 14.9. The van der Waals surface area contributed by atoms with E-state index in [1.54, 1.807) is 17.0 Å². The minimum atomic E-state index is -1.22. The lowest BCUT2D eigenvalue weighted by molar-refractivity contribution is -0.173. The third kappa shape index (κ3) is 9.87. The number of nitrogens with one attached hydrogen (secondary N) is 1. The molecule has 5 rings (SSSR count). The summed E-state index contributed by atoms with van der Waals surface area (Å²) >= 11 is 3.98. The van der Waals surface area contributed by atoms with Gasteiger partial charge in [-0.25, -0.2) is 19.3 Å². The van der Waals surface area contributed by atoms with E-state index in [1.165, 1.54) is 39.8 Å². The van der Waals surface area contributed by atoms with E-state index in [-0.39, 0.29) is 55.4 Å². The molecule has 2 aliphatic heterocycles. The van der Waals surface area contributed by atoms with Gasteiger partial charge in [-0.05, 0) is 55.8 Å². The monoisotopic (exact) mass is 767 g/mol. The molecule has 2 amide bonds. The molecule has 2 aromatic heterocycles. The van der Waals surface area contributed by atoms with Gasteiger partial charge in [0.2, 0.25) is 11.1 Å². The Balaban J connectivity index is 0.00000312. The summed E-state index contributed by atoms with van der Waals surface area (Å²) in [7, 11) is 3.90. The number of carbonyl (C=O) groups excluding carboxylic acids is 4. The topological polar surface area (TPSA) is 197 Å². The van der Waals surface area contributed by atoms with Gasteiger partial charge in [0, 0.05) is 29.9 Å². The second-order valence-electron chi connectivity index (χ2n) is 11.2. The van der Waals surface area contributed by atoms with Crippen molar-refractivity contribution in [2.45, 2.75) is 81.0 Å². The van der Waals surface area contributed by atoms with Crippen molar-refractivity contribution >= 4 is 88.7 Å². The molecule has 266 valence electrons. The number of carbonyl (C=O) groups is 4. The Bertz CT molecular complexity index is 1470. The Labute approximate surface area is 302 Å². The highest BCUT2D eigenvalue weighted by molar-refractivity contribution is 8.01. The molecule has 1 aliphatic carbocycles. The molecular weight excluding hydrogens is 729 g/mol. The number of nitrogens with two attached hydrogens (primary N) is 1. The lowest BCUT2D eigenvalue weighted by Crippen LogP contribution is -2.70. The molecule has 3 atom stereocenters.